The lowest BCUT2D eigenvalue weighted by Crippen LogP contribution is -2.30. The van der Waals surface area contributed by atoms with Crippen LogP contribution in [0.15, 0.2) is 0 Å². The zero-order valence-corrected chi connectivity index (χ0v) is 5.65. The van der Waals surface area contributed by atoms with Crippen LogP contribution in [0.5, 0.6) is 0 Å². The minimum atomic E-state index is -0.881. The zero-order chi connectivity index (χ0) is 6.57. The highest BCUT2D eigenvalue weighted by molar-refractivity contribution is 7.84. The van der Waals surface area contributed by atoms with Crippen LogP contribution in [-0.4, -0.2) is 34.0 Å². The number of rotatable bonds is 3. The smallest absolute Gasteiger partial charge is 0.0591 e. The predicted molar refractivity (Wildman–Crippen MR) is 34.0 cm³/mol. The standard InChI is InChI=1S/C4H11NO2S/c1-8(7)3-4(5)2-6/h4,6H,2-3,5H2,1H3. The molecule has 2 unspecified atom stereocenters. The third-order valence-electron chi connectivity index (χ3n) is 0.683. The highest BCUT2D eigenvalue weighted by Gasteiger charge is 2.00. The van der Waals surface area contributed by atoms with Crippen molar-refractivity contribution in [1.82, 2.24) is 0 Å². The predicted octanol–water partition coefficient (Wildman–Crippen LogP) is -1.32. The maximum atomic E-state index is 10.3. The molecule has 3 N–H and O–H groups in total. The lowest BCUT2D eigenvalue weighted by Gasteiger charge is -2.02. The van der Waals surface area contributed by atoms with Gasteiger partial charge in [0, 0.05) is 28.9 Å². The van der Waals surface area contributed by atoms with Gasteiger partial charge in [-0.05, 0) is 0 Å². The Labute approximate surface area is 51.3 Å². The van der Waals surface area contributed by atoms with Crippen molar-refractivity contribution in [1.29, 1.82) is 0 Å². The number of nitrogens with two attached hydrogens (primary N) is 1. The van der Waals surface area contributed by atoms with E-state index in [1.54, 1.807) is 6.26 Å². The molecule has 0 saturated heterocycles. The van der Waals surface area contributed by atoms with Crippen LogP contribution >= 0.6 is 0 Å². The van der Waals surface area contributed by atoms with Crippen LogP contribution in [0.25, 0.3) is 0 Å². The van der Waals surface area contributed by atoms with Gasteiger partial charge in [-0.2, -0.15) is 0 Å². The van der Waals surface area contributed by atoms with E-state index in [9.17, 15) is 4.21 Å². The highest BCUT2D eigenvalue weighted by Crippen LogP contribution is 1.79. The van der Waals surface area contributed by atoms with E-state index in [0.29, 0.717) is 5.75 Å². The zero-order valence-electron chi connectivity index (χ0n) is 4.83. The topological polar surface area (TPSA) is 63.3 Å². The molecule has 0 bridgehead atoms. The molecule has 0 aliphatic rings. The van der Waals surface area contributed by atoms with Crippen LogP contribution in [0.2, 0.25) is 0 Å². The van der Waals surface area contributed by atoms with Crippen molar-refractivity contribution in [2.75, 3.05) is 18.6 Å². The van der Waals surface area contributed by atoms with E-state index < -0.39 is 10.8 Å². The monoisotopic (exact) mass is 137 g/mol. The first-order valence-electron chi connectivity index (χ1n) is 2.33. The molecule has 4 heteroatoms. The Bertz CT molecular complexity index is 86.1. The van der Waals surface area contributed by atoms with Gasteiger partial charge >= 0.3 is 0 Å². The molecule has 0 aliphatic carbocycles. The Morgan fingerprint density at radius 3 is 2.50 bits per heavy atom. The summed E-state index contributed by atoms with van der Waals surface area (Å²) < 4.78 is 10.3. The van der Waals surface area contributed by atoms with Gasteiger partial charge in [0.2, 0.25) is 0 Å². The summed E-state index contributed by atoms with van der Waals surface area (Å²) in [6, 6.07) is -0.319. The number of hydrogen-bond acceptors (Lipinski definition) is 3. The molecule has 2 atom stereocenters. The second kappa shape index (κ2) is 4.00. The van der Waals surface area contributed by atoms with Crippen LogP contribution in [0.1, 0.15) is 0 Å². The third kappa shape index (κ3) is 4.23. The number of aliphatic hydroxyl groups excluding tert-OH is 1. The van der Waals surface area contributed by atoms with Crippen molar-refractivity contribution in [3.05, 3.63) is 0 Å². The van der Waals surface area contributed by atoms with E-state index in [2.05, 4.69) is 0 Å². The quantitative estimate of drug-likeness (QED) is 0.507. The summed E-state index contributed by atoms with van der Waals surface area (Å²) in [7, 11) is -0.881. The fourth-order valence-corrected chi connectivity index (χ4v) is 1.06. The molecular formula is C4H11NO2S. The second-order valence-electron chi connectivity index (χ2n) is 1.68. The first-order valence-corrected chi connectivity index (χ1v) is 4.06. The Morgan fingerprint density at radius 1 is 1.88 bits per heavy atom. The largest absolute Gasteiger partial charge is 0.395 e. The van der Waals surface area contributed by atoms with Gasteiger partial charge in [0.15, 0.2) is 0 Å². The molecule has 0 radical (unpaired) electrons. The minimum Gasteiger partial charge on any atom is -0.395 e. The molecule has 3 nitrogen and oxygen atoms in total. The number of hydrogen-bond donors (Lipinski definition) is 2. The number of aliphatic hydroxyl groups is 1. The van der Waals surface area contributed by atoms with E-state index in [1.165, 1.54) is 0 Å². The van der Waals surface area contributed by atoms with E-state index in [0.717, 1.165) is 0 Å². The van der Waals surface area contributed by atoms with Crippen LogP contribution in [0.4, 0.5) is 0 Å². The van der Waals surface area contributed by atoms with E-state index >= 15 is 0 Å². The van der Waals surface area contributed by atoms with E-state index in [4.69, 9.17) is 10.8 Å². The molecule has 8 heavy (non-hydrogen) atoms. The van der Waals surface area contributed by atoms with Gasteiger partial charge in [-0.3, -0.25) is 4.21 Å². The SMILES string of the molecule is CS(=O)CC(N)CO. The average Bonchev–Trinajstić information content (AvgIpc) is 1.65. The van der Waals surface area contributed by atoms with Gasteiger partial charge in [-0.25, -0.2) is 0 Å². The molecule has 0 spiro atoms. The Balaban J connectivity index is 3.24. The van der Waals surface area contributed by atoms with Gasteiger partial charge in [-0.15, -0.1) is 0 Å². The first-order chi connectivity index (χ1) is 3.66. The molecule has 0 fully saturated rings. The molecule has 0 aromatic carbocycles. The van der Waals surface area contributed by atoms with Gasteiger partial charge in [0.05, 0.1) is 6.61 Å². The third-order valence-corrected chi connectivity index (χ3v) is 1.58. The summed E-state index contributed by atoms with van der Waals surface area (Å²) >= 11 is 0. The molecule has 0 amide bonds. The van der Waals surface area contributed by atoms with Gasteiger partial charge in [0.1, 0.15) is 0 Å². The van der Waals surface area contributed by atoms with Crippen molar-refractivity contribution < 1.29 is 9.32 Å². The first kappa shape index (κ1) is 8.07. The summed E-state index contributed by atoms with van der Waals surface area (Å²) in [6.07, 6.45) is 1.56. The summed E-state index contributed by atoms with van der Waals surface area (Å²) in [4.78, 5) is 0. The van der Waals surface area contributed by atoms with Gasteiger partial charge in [0.25, 0.3) is 0 Å². The molecule has 0 rings (SSSR count). The summed E-state index contributed by atoms with van der Waals surface area (Å²) in [5.74, 6) is 0.385. The van der Waals surface area contributed by atoms with Gasteiger partial charge < -0.3 is 10.8 Å². The Morgan fingerprint density at radius 2 is 2.38 bits per heavy atom. The molecule has 0 heterocycles. The normalized spacial score (nSPS) is 17.9. The van der Waals surface area contributed by atoms with Crippen molar-refractivity contribution in [2.24, 2.45) is 5.73 Å². The molecular weight excluding hydrogens is 126 g/mol. The van der Waals surface area contributed by atoms with Gasteiger partial charge in [-0.1, -0.05) is 0 Å². The van der Waals surface area contributed by atoms with Crippen LogP contribution in [0.3, 0.4) is 0 Å². The molecule has 0 saturated carbocycles. The van der Waals surface area contributed by atoms with E-state index in [1.807, 2.05) is 0 Å². The van der Waals surface area contributed by atoms with Crippen molar-refractivity contribution >= 4 is 10.8 Å². The average molecular weight is 137 g/mol. The maximum Gasteiger partial charge on any atom is 0.0591 e. The second-order valence-corrected chi connectivity index (χ2v) is 3.16. The Kier molecular flexibility index (Phi) is 4.03. The van der Waals surface area contributed by atoms with Crippen LogP contribution < -0.4 is 5.73 Å². The summed E-state index contributed by atoms with van der Waals surface area (Å²) in [5.41, 5.74) is 5.23. The van der Waals surface area contributed by atoms with Crippen LogP contribution in [-0.2, 0) is 10.8 Å². The maximum absolute atomic E-state index is 10.3. The summed E-state index contributed by atoms with van der Waals surface area (Å²) in [6.45, 7) is -0.0837. The summed E-state index contributed by atoms with van der Waals surface area (Å²) in [5, 5.41) is 8.32. The van der Waals surface area contributed by atoms with Crippen molar-refractivity contribution in [3.63, 3.8) is 0 Å². The highest BCUT2D eigenvalue weighted by atomic mass is 32.2. The Hall–Kier alpha value is 0.0700. The van der Waals surface area contributed by atoms with Crippen molar-refractivity contribution in [2.45, 2.75) is 6.04 Å². The minimum absolute atomic E-state index is 0.0837. The van der Waals surface area contributed by atoms with Crippen LogP contribution in [0, 0.1) is 0 Å². The van der Waals surface area contributed by atoms with E-state index in [-0.39, 0.29) is 12.6 Å². The molecule has 0 aromatic rings. The molecule has 0 aliphatic heterocycles. The van der Waals surface area contributed by atoms with Crippen molar-refractivity contribution in [3.8, 4) is 0 Å². The molecule has 50 valence electrons. The fraction of sp³-hybridized carbons (Fsp3) is 1.00. The lowest BCUT2D eigenvalue weighted by atomic mass is 10.4. The molecule has 0 aromatic heterocycles. The fourth-order valence-electron chi connectivity index (χ4n) is 0.354. The lowest BCUT2D eigenvalue weighted by molar-refractivity contribution is 0.275.